The largest absolute Gasteiger partial charge is 0.480 e. The lowest BCUT2D eigenvalue weighted by Gasteiger charge is -2.29. The van der Waals surface area contributed by atoms with Crippen LogP contribution in [0.4, 0.5) is 0 Å². The number of benzene rings is 4. The Balaban J connectivity index is 1.14. The molecule has 0 unspecified atom stereocenters. The molecule has 6 aromatic rings. The van der Waals surface area contributed by atoms with E-state index in [1.165, 1.54) is 13.8 Å². The molecule has 2 aliphatic heterocycles. The summed E-state index contributed by atoms with van der Waals surface area (Å²) >= 11 is 0. The van der Waals surface area contributed by atoms with Crippen LogP contribution in [-0.4, -0.2) is 217 Å². The average molecular weight is 1550 g/mol. The zero-order valence-corrected chi connectivity index (χ0v) is 62.3. The molecule has 0 bridgehead atoms. The first-order valence-electron chi connectivity index (χ1n) is 35.2. The molecular formula is C72H94N16O15S4. The number of hydrogen-bond acceptors (Lipinski definition) is 21. The number of nitrogens with one attached hydrogen (secondary N) is 13. The topological polar surface area (TPSA) is 507 Å². The lowest BCUT2D eigenvalue weighted by Crippen LogP contribution is -2.63. The van der Waals surface area contributed by atoms with Crippen molar-refractivity contribution in [1.29, 1.82) is 0 Å². The second-order valence-corrected chi connectivity index (χ2v) is 31.3. The standard InChI is InChI=1S/C72H94N16O15S4/c1-39(89)59-70(100)85-57(37-105-104-35-47(75)61(91)80-52(29-41-17-5-3-6-18-41)64(94)82-54(31-43-33-76-48-23-11-9-21-45(43)48)66(96)78-50(62(92)87-59)25-13-15-27-73)69(99)84-56-36-106-107-38-58(72(102)103)86-71(101)60(40(2)90)88-63(93)51(26-14-16-28-74)79-67(97)55(32-44-34-77-49-24-12-10-22-46(44)49)83-65(95)53(81-68(56)98)30-42-19-7-4-8-20-42/h3-12,17-24,33-34,39-40,47,50-60,76-77,89-90H,13-16,25-32,35-38,73-75H2,1-2H3,(H,78,96)(H,79,97)(H,80,91)(H,81,98)(H,82,94)(H,83,95)(H,84,99)(H,85,100)(H,86,101)(H,87,92)(H,88,93)(H,102,103)/t39-,40-,47+,50+,51+,52+,53+,54-,55-,56+,57+,58+,59+,60+/m1/s1. The third-order valence-electron chi connectivity index (χ3n) is 17.9. The number of aliphatic hydroxyl groups excluding tert-OH is 2. The van der Waals surface area contributed by atoms with Crippen molar-refractivity contribution in [3.63, 3.8) is 0 Å². The van der Waals surface area contributed by atoms with Crippen molar-refractivity contribution in [1.82, 2.24) is 68.5 Å². The van der Waals surface area contributed by atoms with Gasteiger partial charge < -0.3 is 101 Å². The highest BCUT2D eigenvalue weighted by Crippen LogP contribution is 2.27. The molecule has 2 aromatic heterocycles. The summed E-state index contributed by atoms with van der Waals surface area (Å²) in [5.74, 6) is -13.3. The van der Waals surface area contributed by atoms with E-state index in [4.69, 9.17) is 17.2 Å². The summed E-state index contributed by atoms with van der Waals surface area (Å²) in [5, 5.41) is 63.5. The van der Waals surface area contributed by atoms with E-state index in [9.17, 15) is 58.5 Å². The van der Waals surface area contributed by atoms with Crippen LogP contribution in [-0.2, 0) is 83.2 Å². The Labute approximate surface area is 633 Å². The Hall–Kier alpha value is -9.20. The highest BCUT2D eigenvalue weighted by molar-refractivity contribution is 8.77. The zero-order chi connectivity index (χ0) is 77.1. The number of aliphatic hydroxyl groups is 2. The minimum absolute atomic E-state index is 0.0422. The van der Waals surface area contributed by atoms with Gasteiger partial charge in [-0.25, -0.2) is 4.79 Å². The maximum absolute atomic E-state index is 15.3. The molecule has 4 heterocycles. The number of rotatable bonds is 21. The number of aromatic nitrogens is 2. The van der Waals surface area contributed by atoms with E-state index in [1.807, 2.05) is 18.2 Å². The fourth-order valence-corrected chi connectivity index (χ4v) is 16.5. The van der Waals surface area contributed by atoms with Crippen molar-refractivity contribution in [2.24, 2.45) is 17.2 Å². The molecule has 0 spiro atoms. The summed E-state index contributed by atoms with van der Waals surface area (Å²) in [6.45, 7) is 2.80. The Morgan fingerprint density at radius 3 is 1.23 bits per heavy atom. The number of fused-ring (bicyclic) bond motifs is 2. The van der Waals surface area contributed by atoms with E-state index in [1.54, 1.807) is 103 Å². The van der Waals surface area contributed by atoms with Gasteiger partial charge in [-0.15, -0.1) is 0 Å². The van der Waals surface area contributed by atoms with E-state index in [-0.39, 0.29) is 76.0 Å². The van der Waals surface area contributed by atoms with Gasteiger partial charge in [0, 0.05) is 82.9 Å². The van der Waals surface area contributed by atoms with Crippen LogP contribution in [0.5, 0.6) is 0 Å². The predicted octanol–water partition coefficient (Wildman–Crippen LogP) is -0.526. The van der Waals surface area contributed by atoms with Gasteiger partial charge >= 0.3 is 5.97 Å². The van der Waals surface area contributed by atoms with Crippen LogP contribution in [0, 0.1) is 0 Å². The normalized spacial score (nSPS) is 25.0. The molecule has 2 fully saturated rings. The molecule has 11 amide bonds. The molecule has 107 heavy (non-hydrogen) atoms. The second kappa shape index (κ2) is 41.8. The van der Waals surface area contributed by atoms with Gasteiger partial charge in [0.2, 0.25) is 65.0 Å². The summed E-state index contributed by atoms with van der Waals surface area (Å²) in [6, 6.07) is 13.1. The Morgan fingerprint density at radius 2 is 0.794 bits per heavy atom. The van der Waals surface area contributed by atoms with Gasteiger partial charge in [0.05, 0.1) is 18.2 Å². The zero-order valence-electron chi connectivity index (χ0n) is 59.0. The molecule has 8 rings (SSSR count). The molecule has 0 aliphatic carbocycles. The number of carboxylic acids is 1. The Bertz CT molecular complexity index is 4040. The van der Waals surface area contributed by atoms with Crippen molar-refractivity contribution in [2.45, 2.75) is 163 Å². The molecular weight excluding hydrogens is 1460 g/mol. The van der Waals surface area contributed by atoms with Crippen LogP contribution in [0.1, 0.15) is 74.6 Å². The average Bonchev–Trinajstić information content (AvgIpc) is 1.71. The number of H-pyrrole nitrogens is 2. The summed E-state index contributed by atoms with van der Waals surface area (Å²) in [5.41, 5.74) is 22.0. The number of carbonyl (C=O) groups excluding carboxylic acids is 11. The molecule has 0 saturated carbocycles. The third kappa shape index (κ3) is 24.9. The van der Waals surface area contributed by atoms with Gasteiger partial charge in [-0.3, -0.25) is 52.7 Å². The predicted molar refractivity (Wildman–Crippen MR) is 410 cm³/mol. The van der Waals surface area contributed by atoms with Gasteiger partial charge in [0.15, 0.2) is 0 Å². The van der Waals surface area contributed by atoms with Crippen molar-refractivity contribution in [3.05, 3.63) is 144 Å². The van der Waals surface area contributed by atoms with Crippen LogP contribution in [0.3, 0.4) is 0 Å². The van der Waals surface area contributed by atoms with E-state index in [0.29, 0.717) is 46.0 Å². The van der Waals surface area contributed by atoms with Crippen LogP contribution < -0.4 is 75.7 Å². The number of aromatic amines is 2. The summed E-state index contributed by atoms with van der Waals surface area (Å²) in [7, 11) is 3.61. The third-order valence-corrected chi connectivity index (χ3v) is 22.8. The SMILES string of the molecule is C[C@@H](O)[C@@H]1NC(=O)[C@H](CCCCN)NC(=O)[C@@H](Cc2c[nH]c3ccccc23)NC(=O)[C@H](Cc2ccccc2)NC(=O)[C@@H](NC(=O)[C@@H]2CSSC[C@H](N)C(=O)N[C@@H](Cc3ccccc3)C(=O)N[C@H](Cc3c[nH]c4ccccc34)C(=O)N[C@@H](CCCCN)C(=O)N[C@@H]([C@@H](C)O)C(=O)N2)CSSC[C@@H](C(=O)O)NC1=O. The van der Waals surface area contributed by atoms with Gasteiger partial charge in [0.1, 0.15) is 66.5 Å². The number of carboxylic acid groups (broad SMARTS) is 1. The first-order chi connectivity index (χ1) is 51.4. The molecule has 22 N–H and O–H groups in total. The fourth-order valence-electron chi connectivity index (χ4n) is 11.9. The monoisotopic (exact) mass is 1550 g/mol. The van der Waals surface area contributed by atoms with Crippen LogP contribution >= 0.6 is 43.2 Å². The van der Waals surface area contributed by atoms with E-state index >= 15 is 14.4 Å². The molecule has 4 aromatic carbocycles. The van der Waals surface area contributed by atoms with Crippen LogP contribution in [0.15, 0.2) is 122 Å². The van der Waals surface area contributed by atoms with Crippen molar-refractivity contribution in [2.75, 3.05) is 36.1 Å². The maximum atomic E-state index is 15.3. The smallest absolute Gasteiger partial charge is 0.327 e. The lowest BCUT2D eigenvalue weighted by molar-refractivity contribution is -0.142. The summed E-state index contributed by atoms with van der Waals surface area (Å²) in [4.78, 5) is 181. The molecule has 14 atom stereocenters. The highest BCUT2D eigenvalue weighted by atomic mass is 33.1. The lowest BCUT2D eigenvalue weighted by atomic mass is 10.0. The molecule has 2 aliphatic rings. The molecule has 2 saturated heterocycles. The molecule has 35 heteroatoms. The first-order valence-corrected chi connectivity index (χ1v) is 40.1. The van der Waals surface area contributed by atoms with Crippen molar-refractivity contribution >= 4 is 136 Å². The molecule has 31 nitrogen and oxygen atoms in total. The number of para-hydroxylation sites is 2. The number of carbonyl (C=O) groups is 12. The van der Waals surface area contributed by atoms with Crippen molar-refractivity contribution < 1.29 is 72.9 Å². The summed E-state index contributed by atoms with van der Waals surface area (Å²) in [6.07, 6.45) is 0.692. The van der Waals surface area contributed by atoms with Gasteiger partial charge in [0.25, 0.3) is 0 Å². The van der Waals surface area contributed by atoms with E-state index < -0.39 is 167 Å². The Morgan fingerprint density at radius 1 is 0.430 bits per heavy atom. The van der Waals surface area contributed by atoms with Crippen LogP contribution in [0.2, 0.25) is 0 Å². The minimum Gasteiger partial charge on any atom is -0.480 e. The van der Waals surface area contributed by atoms with E-state index in [0.717, 1.165) is 54.1 Å². The number of amides is 11. The molecule has 576 valence electrons. The minimum atomic E-state index is -1.84. The maximum Gasteiger partial charge on any atom is 0.327 e. The van der Waals surface area contributed by atoms with Gasteiger partial charge in [-0.2, -0.15) is 0 Å². The second-order valence-electron chi connectivity index (χ2n) is 26.2. The quantitative estimate of drug-likeness (QED) is 0.0318. The highest BCUT2D eigenvalue weighted by Gasteiger charge is 2.40. The number of unbranched alkanes of at least 4 members (excludes halogenated alkanes) is 2. The first kappa shape index (κ1) is 83.4. The Kier molecular flexibility index (Phi) is 32.6. The van der Waals surface area contributed by atoms with Gasteiger partial charge in [-0.1, -0.05) is 140 Å². The van der Waals surface area contributed by atoms with Crippen LogP contribution in [0.25, 0.3) is 21.8 Å². The van der Waals surface area contributed by atoms with Gasteiger partial charge in [-0.05, 0) is 99.8 Å². The fraction of sp³-hybridized carbons (Fsp3) is 0.444. The summed E-state index contributed by atoms with van der Waals surface area (Å²) < 4.78 is 0. The number of hydrogen-bond donors (Lipinski definition) is 19. The number of aliphatic carboxylic acids is 1. The number of nitrogens with two attached hydrogens (primary N) is 3. The molecule has 0 radical (unpaired) electrons. The van der Waals surface area contributed by atoms with E-state index in [2.05, 4.69) is 68.5 Å². The van der Waals surface area contributed by atoms with Crippen molar-refractivity contribution in [3.8, 4) is 0 Å².